The Labute approximate surface area is 111 Å². The SMILES string of the molecule is C[N+](C)(C)C/C=C/c1ccccc1Br.[Br-]. The zero-order valence-corrected chi connectivity index (χ0v) is 12.5. The molecule has 0 aliphatic carbocycles. The summed E-state index contributed by atoms with van der Waals surface area (Å²) in [4.78, 5) is 0. The number of hydrogen-bond acceptors (Lipinski definition) is 0. The van der Waals surface area contributed by atoms with E-state index in [-0.39, 0.29) is 17.0 Å². The molecule has 0 aliphatic rings. The van der Waals surface area contributed by atoms with Gasteiger partial charge in [0.2, 0.25) is 0 Å². The Hall–Kier alpha value is -0.120. The van der Waals surface area contributed by atoms with Gasteiger partial charge in [-0.25, -0.2) is 0 Å². The molecule has 0 aliphatic heterocycles. The minimum absolute atomic E-state index is 0. The average molecular weight is 335 g/mol. The normalized spacial score (nSPS) is 11.5. The highest BCUT2D eigenvalue weighted by molar-refractivity contribution is 9.10. The van der Waals surface area contributed by atoms with Crippen molar-refractivity contribution in [2.24, 2.45) is 0 Å². The van der Waals surface area contributed by atoms with E-state index in [4.69, 9.17) is 0 Å². The summed E-state index contributed by atoms with van der Waals surface area (Å²) in [7, 11) is 6.55. The van der Waals surface area contributed by atoms with Crippen molar-refractivity contribution < 1.29 is 21.5 Å². The molecule has 0 saturated heterocycles. The van der Waals surface area contributed by atoms with Gasteiger partial charge in [-0.1, -0.05) is 40.2 Å². The van der Waals surface area contributed by atoms with E-state index in [1.807, 2.05) is 6.07 Å². The number of likely N-dealkylation sites (N-methyl/N-ethyl adjacent to an activating group) is 1. The highest BCUT2D eigenvalue weighted by Gasteiger charge is 2.02. The molecule has 84 valence electrons. The molecule has 3 heteroatoms. The maximum Gasteiger partial charge on any atom is 0.0970 e. The van der Waals surface area contributed by atoms with Gasteiger partial charge in [0.05, 0.1) is 27.7 Å². The Morgan fingerprint density at radius 1 is 1.20 bits per heavy atom. The quantitative estimate of drug-likeness (QED) is 0.691. The second kappa shape index (κ2) is 6.46. The molecule has 0 amide bonds. The zero-order chi connectivity index (χ0) is 10.6. The molecular formula is C12H17Br2N. The van der Waals surface area contributed by atoms with E-state index in [1.165, 1.54) is 5.56 Å². The van der Waals surface area contributed by atoms with Crippen molar-refractivity contribution in [1.82, 2.24) is 0 Å². The topological polar surface area (TPSA) is 0 Å². The standard InChI is InChI=1S/C12H17BrN.BrH/c1-14(2,3)10-6-8-11-7-4-5-9-12(11)13;/h4-9H,10H2,1-3H3;1H/q+1;/p-1/b8-6+;. The Kier molecular flexibility index (Phi) is 6.41. The summed E-state index contributed by atoms with van der Waals surface area (Å²) in [6.45, 7) is 1.04. The van der Waals surface area contributed by atoms with E-state index >= 15 is 0 Å². The highest BCUT2D eigenvalue weighted by Crippen LogP contribution is 2.17. The highest BCUT2D eigenvalue weighted by atomic mass is 79.9. The van der Waals surface area contributed by atoms with E-state index in [9.17, 15) is 0 Å². The van der Waals surface area contributed by atoms with Crippen LogP contribution in [0.15, 0.2) is 34.8 Å². The molecule has 1 aromatic rings. The number of halogens is 2. The van der Waals surface area contributed by atoms with Crippen molar-refractivity contribution in [1.29, 1.82) is 0 Å². The van der Waals surface area contributed by atoms with Gasteiger partial charge >= 0.3 is 0 Å². The fourth-order valence-corrected chi connectivity index (χ4v) is 1.52. The second-order valence-corrected chi connectivity index (χ2v) is 5.25. The largest absolute Gasteiger partial charge is 1.00 e. The number of nitrogens with zero attached hydrogens (tertiary/aromatic N) is 1. The molecule has 1 rings (SSSR count). The first-order chi connectivity index (χ1) is 6.49. The first-order valence-corrected chi connectivity index (χ1v) is 5.50. The average Bonchev–Trinajstić information content (AvgIpc) is 2.06. The summed E-state index contributed by atoms with van der Waals surface area (Å²) in [6, 6.07) is 8.25. The molecule has 0 atom stereocenters. The van der Waals surface area contributed by atoms with Crippen LogP contribution in [-0.2, 0) is 0 Å². The summed E-state index contributed by atoms with van der Waals surface area (Å²) < 4.78 is 2.11. The third kappa shape index (κ3) is 6.13. The monoisotopic (exact) mass is 333 g/mol. The van der Waals surface area contributed by atoms with Crippen LogP contribution in [0, 0.1) is 0 Å². The summed E-state index contributed by atoms with van der Waals surface area (Å²) in [5.41, 5.74) is 1.24. The van der Waals surface area contributed by atoms with E-state index in [1.54, 1.807) is 0 Å². The Morgan fingerprint density at radius 3 is 2.33 bits per heavy atom. The molecule has 0 aromatic heterocycles. The van der Waals surface area contributed by atoms with Crippen LogP contribution in [0.4, 0.5) is 0 Å². The maximum atomic E-state index is 3.52. The van der Waals surface area contributed by atoms with E-state index < -0.39 is 0 Å². The number of benzene rings is 1. The van der Waals surface area contributed by atoms with Crippen molar-refractivity contribution in [2.45, 2.75) is 0 Å². The van der Waals surface area contributed by atoms with E-state index in [2.05, 4.69) is 67.4 Å². The lowest BCUT2D eigenvalue weighted by molar-refractivity contribution is -0.864. The summed E-state index contributed by atoms with van der Waals surface area (Å²) in [5, 5.41) is 0. The van der Waals surface area contributed by atoms with Crippen molar-refractivity contribution >= 4 is 22.0 Å². The van der Waals surface area contributed by atoms with Gasteiger partial charge < -0.3 is 21.5 Å². The molecule has 0 spiro atoms. The van der Waals surface area contributed by atoms with Crippen LogP contribution in [0.5, 0.6) is 0 Å². The van der Waals surface area contributed by atoms with Gasteiger partial charge in [0.15, 0.2) is 0 Å². The zero-order valence-electron chi connectivity index (χ0n) is 9.37. The first kappa shape index (κ1) is 14.9. The molecule has 0 fully saturated rings. The molecule has 0 radical (unpaired) electrons. The predicted molar refractivity (Wildman–Crippen MR) is 66.1 cm³/mol. The number of hydrogen-bond donors (Lipinski definition) is 0. The molecule has 0 unspecified atom stereocenters. The molecule has 1 aromatic carbocycles. The maximum absolute atomic E-state index is 3.52. The fraction of sp³-hybridized carbons (Fsp3) is 0.333. The van der Waals surface area contributed by atoms with Crippen LogP contribution in [0.25, 0.3) is 6.08 Å². The molecule has 15 heavy (non-hydrogen) atoms. The van der Waals surface area contributed by atoms with E-state index in [0.29, 0.717) is 0 Å². The van der Waals surface area contributed by atoms with Gasteiger partial charge in [-0.05, 0) is 17.7 Å². The van der Waals surface area contributed by atoms with Gasteiger partial charge in [0, 0.05) is 4.47 Å². The molecule has 0 bridgehead atoms. The van der Waals surface area contributed by atoms with Crippen LogP contribution in [-0.4, -0.2) is 32.2 Å². The van der Waals surface area contributed by atoms with Crippen molar-refractivity contribution in [3.63, 3.8) is 0 Å². The minimum Gasteiger partial charge on any atom is -1.00 e. The number of rotatable bonds is 3. The van der Waals surface area contributed by atoms with Gasteiger partial charge in [-0.2, -0.15) is 0 Å². The van der Waals surface area contributed by atoms with Crippen molar-refractivity contribution in [2.75, 3.05) is 27.7 Å². The lowest BCUT2D eigenvalue weighted by Gasteiger charge is -2.21. The Morgan fingerprint density at radius 2 is 1.80 bits per heavy atom. The van der Waals surface area contributed by atoms with Crippen molar-refractivity contribution in [3.05, 3.63) is 40.4 Å². The van der Waals surface area contributed by atoms with Crippen molar-refractivity contribution in [3.8, 4) is 0 Å². The predicted octanol–water partition coefficient (Wildman–Crippen LogP) is 0.173. The van der Waals surface area contributed by atoms with Gasteiger partial charge in [-0.15, -0.1) is 0 Å². The molecule has 1 nitrogen and oxygen atoms in total. The minimum atomic E-state index is 0. The third-order valence-electron chi connectivity index (χ3n) is 1.86. The smallest absolute Gasteiger partial charge is 0.0970 e. The summed E-state index contributed by atoms with van der Waals surface area (Å²) in [5.74, 6) is 0. The van der Waals surface area contributed by atoms with Gasteiger partial charge in [0.1, 0.15) is 0 Å². The van der Waals surface area contributed by atoms with Crippen LogP contribution < -0.4 is 17.0 Å². The lowest BCUT2D eigenvalue weighted by atomic mass is 10.2. The Balaban J connectivity index is 0.00000196. The molecule has 0 heterocycles. The first-order valence-electron chi connectivity index (χ1n) is 4.70. The van der Waals surface area contributed by atoms with Crippen LogP contribution >= 0.6 is 15.9 Å². The van der Waals surface area contributed by atoms with Crippen LogP contribution in [0.3, 0.4) is 0 Å². The Bertz CT molecular complexity index is 327. The molecule has 0 saturated carbocycles. The fourth-order valence-electron chi connectivity index (χ4n) is 1.11. The van der Waals surface area contributed by atoms with Gasteiger partial charge in [0.25, 0.3) is 0 Å². The van der Waals surface area contributed by atoms with Gasteiger partial charge in [-0.3, -0.25) is 0 Å². The lowest BCUT2D eigenvalue weighted by Crippen LogP contribution is -3.00. The van der Waals surface area contributed by atoms with Crippen LogP contribution in [0.2, 0.25) is 0 Å². The summed E-state index contributed by atoms with van der Waals surface area (Å²) >= 11 is 3.52. The number of quaternary nitrogens is 1. The summed E-state index contributed by atoms with van der Waals surface area (Å²) in [6.07, 6.45) is 4.37. The molecular weight excluding hydrogens is 318 g/mol. The second-order valence-electron chi connectivity index (χ2n) is 4.40. The van der Waals surface area contributed by atoms with Crippen LogP contribution in [0.1, 0.15) is 5.56 Å². The van der Waals surface area contributed by atoms with E-state index in [0.717, 1.165) is 15.5 Å². The molecule has 0 N–H and O–H groups in total. The third-order valence-corrected chi connectivity index (χ3v) is 2.58.